The lowest BCUT2D eigenvalue weighted by atomic mass is 10.2. The maximum atomic E-state index is 5.37. The van der Waals surface area contributed by atoms with Crippen LogP contribution in [0.15, 0.2) is 36.5 Å². The van der Waals surface area contributed by atoms with Crippen molar-refractivity contribution < 1.29 is 4.74 Å². The number of methoxy groups -OCH3 is 1. The van der Waals surface area contributed by atoms with Gasteiger partial charge in [0.05, 0.1) is 19.0 Å². The normalized spacial score (nSPS) is 11.0. The van der Waals surface area contributed by atoms with E-state index in [1.54, 1.807) is 7.11 Å². The number of hydrogen-bond donors (Lipinski definition) is 2. The number of pyridine rings is 1. The number of benzene rings is 1. The van der Waals surface area contributed by atoms with Crippen molar-refractivity contribution in [2.75, 3.05) is 7.11 Å². The summed E-state index contributed by atoms with van der Waals surface area (Å²) >= 11 is 0. The Morgan fingerprint density at radius 3 is 2.86 bits per heavy atom. The van der Waals surface area contributed by atoms with Crippen LogP contribution < -0.4 is 10.1 Å². The van der Waals surface area contributed by atoms with E-state index in [0.29, 0.717) is 6.54 Å². The van der Waals surface area contributed by atoms with Gasteiger partial charge in [0.15, 0.2) is 0 Å². The van der Waals surface area contributed by atoms with Gasteiger partial charge in [0.1, 0.15) is 11.3 Å². The van der Waals surface area contributed by atoms with Crippen LogP contribution in [0.5, 0.6) is 5.75 Å². The predicted molar refractivity (Wildman–Crippen MR) is 82.2 cm³/mol. The van der Waals surface area contributed by atoms with Gasteiger partial charge >= 0.3 is 0 Å². The first-order chi connectivity index (χ1) is 10.3. The first kappa shape index (κ1) is 13.6. The minimum atomic E-state index is 0.707. The van der Waals surface area contributed by atoms with E-state index in [4.69, 9.17) is 4.74 Å². The van der Waals surface area contributed by atoms with Crippen LogP contribution in [-0.2, 0) is 13.1 Å². The zero-order chi connectivity index (χ0) is 14.7. The molecule has 1 aromatic carbocycles. The number of ether oxygens (including phenoxy) is 1. The topological polar surface area (TPSA) is 62.8 Å². The number of fused-ring (bicyclic) bond motifs is 1. The molecular weight excluding hydrogens is 264 g/mol. The molecule has 0 unspecified atom stereocenters. The molecule has 0 spiro atoms. The van der Waals surface area contributed by atoms with Crippen molar-refractivity contribution in [3.63, 3.8) is 0 Å². The van der Waals surface area contributed by atoms with Crippen molar-refractivity contribution in [2.24, 2.45) is 0 Å². The molecule has 0 fully saturated rings. The first-order valence-electron chi connectivity index (χ1n) is 6.90. The average Bonchev–Trinajstić information content (AvgIpc) is 2.92. The van der Waals surface area contributed by atoms with Gasteiger partial charge in [-0.2, -0.15) is 5.10 Å². The molecule has 5 heteroatoms. The van der Waals surface area contributed by atoms with Crippen LogP contribution in [0.2, 0.25) is 0 Å². The van der Waals surface area contributed by atoms with Gasteiger partial charge in [0.2, 0.25) is 0 Å². The summed E-state index contributed by atoms with van der Waals surface area (Å²) in [6.45, 7) is 3.50. The first-order valence-corrected chi connectivity index (χ1v) is 6.90. The standard InChI is InChI=1S/C16H18N4O/c1-11-13(9-18-20-11)8-17-10-14-7-6-12-4-3-5-15(21-2)16(12)19-14/h3-7,9,17H,8,10H2,1-2H3,(H,18,20). The Labute approximate surface area is 123 Å². The summed E-state index contributed by atoms with van der Waals surface area (Å²) in [5, 5.41) is 11.4. The Bertz CT molecular complexity index is 751. The lowest BCUT2D eigenvalue weighted by Crippen LogP contribution is -2.14. The van der Waals surface area contributed by atoms with Crippen LogP contribution in [0.4, 0.5) is 0 Å². The van der Waals surface area contributed by atoms with Crippen LogP contribution in [0, 0.1) is 6.92 Å². The third-order valence-corrected chi connectivity index (χ3v) is 3.52. The van der Waals surface area contributed by atoms with Crippen molar-refractivity contribution in [2.45, 2.75) is 20.0 Å². The van der Waals surface area contributed by atoms with Crippen molar-refractivity contribution >= 4 is 10.9 Å². The number of nitrogens with one attached hydrogen (secondary N) is 2. The Kier molecular flexibility index (Phi) is 3.83. The van der Waals surface area contributed by atoms with Gasteiger partial charge in [-0.3, -0.25) is 5.10 Å². The van der Waals surface area contributed by atoms with Crippen LogP contribution in [-0.4, -0.2) is 22.3 Å². The van der Waals surface area contributed by atoms with E-state index in [0.717, 1.165) is 34.6 Å². The summed E-state index contributed by atoms with van der Waals surface area (Å²) in [5.41, 5.74) is 4.16. The van der Waals surface area contributed by atoms with E-state index in [1.807, 2.05) is 37.4 Å². The minimum absolute atomic E-state index is 0.707. The molecule has 0 aliphatic rings. The van der Waals surface area contributed by atoms with E-state index < -0.39 is 0 Å². The number of H-pyrrole nitrogens is 1. The van der Waals surface area contributed by atoms with Gasteiger partial charge in [-0.1, -0.05) is 18.2 Å². The number of aryl methyl sites for hydroxylation is 1. The summed E-state index contributed by atoms with van der Waals surface area (Å²) in [6, 6.07) is 10.1. The van der Waals surface area contributed by atoms with E-state index in [-0.39, 0.29) is 0 Å². The Balaban J connectivity index is 1.74. The average molecular weight is 282 g/mol. The fourth-order valence-corrected chi connectivity index (χ4v) is 2.30. The van der Waals surface area contributed by atoms with Crippen molar-refractivity contribution in [1.29, 1.82) is 0 Å². The molecular formula is C16H18N4O. The van der Waals surface area contributed by atoms with Gasteiger partial charge in [-0.15, -0.1) is 0 Å². The molecule has 2 N–H and O–H groups in total. The molecule has 5 nitrogen and oxygen atoms in total. The van der Waals surface area contributed by atoms with Crippen LogP contribution >= 0.6 is 0 Å². The Morgan fingerprint density at radius 2 is 2.10 bits per heavy atom. The highest BCUT2D eigenvalue weighted by atomic mass is 16.5. The van der Waals surface area contributed by atoms with Gasteiger partial charge in [0, 0.05) is 29.7 Å². The number of para-hydroxylation sites is 1. The number of nitrogens with zero attached hydrogens (tertiary/aromatic N) is 2. The summed E-state index contributed by atoms with van der Waals surface area (Å²) in [5.74, 6) is 0.806. The molecule has 0 saturated carbocycles. The van der Waals surface area contributed by atoms with Gasteiger partial charge < -0.3 is 10.1 Å². The van der Waals surface area contributed by atoms with Crippen molar-refractivity contribution in [3.05, 3.63) is 53.5 Å². The van der Waals surface area contributed by atoms with Crippen molar-refractivity contribution in [3.8, 4) is 5.75 Å². The van der Waals surface area contributed by atoms with Gasteiger partial charge in [-0.05, 0) is 19.1 Å². The maximum Gasteiger partial charge on any atom is 0.145 e. The number of rotatable bonds is 5. The monoisotopic (exact) mass is 282 g/mol. The Hall–Kier alpha value is -2.40. The summed E-state index contributed by atoms with van der Waals surface area (Å²) in [7, 11) is 1.67. The van der Waals surface area contributed by atoms with Crippen LogP contribution in [0.1, 0.15) is 17.0 Å². The molecule has 108 valence electrons. The highest BCUT2D eigenvalue weighted by Gasteiger charge is 2.05. The molecule has 0 radical (unpaired) electrons. The van der Waals surface area contributed by atoms with Gasteiger partial charge in [-0.25, -0.2) is 4.98 Å². The second-order valence-electron chi connectivity index (χ2n) is 4.96. The predicted octanol–water partition coefficient (Wildman–Crippen LogP) is 2.56. The van der Waals surface area contributed by atoms with E-state index in [2.05, 4.69) is 26.6 Å². The molecule has 0 atom stereocenters. The minimum Gasteiger partial charge on any atom is -0.494 e. The molecule has 0 amide bonds. The van der Waals surface area contributed by atoms with Gasteiger partial charge in [0.25, 0.3) is 0 Å². The number of aromatic nitrogens is 3. The number of hydrogen-bond acceptors (Lipinski definition) is 4. The lowest BCUT2D eigenvalue weighted by Gasteiger charge is -2.08. The molecule has 0 aliphatic carbocycles. The lowest BCUT2D eigenvalue weighted by molar-refractivity contribution is 0.418. The number of aromatic amines is 1. The molecule has 3 rings (SSSR count). The summed E-state index contributed by atoms with van der Waals surface area (Å²) in [6.07, 6.45) is 1.85. The molecule has 21 heavy (non-hydrogen) atoms. The van der Waals surface area contributed by atoms with Crippen molar-refractivity contribution in [1.82, 2.24) is 20.5 Å². The van der Waals surface area contributed by atoms with E-state index in [1.165, 1.54) is 5.56 Å². The fraction of sp³-hybridized carbons (Fsp3) is 0.250. The fourth-order valence-electron chi connectivity index (χ4n) is 2.30. The highest BCUT2D eigenvalue weighted by Crippen LogP contribution is 2.23. The quantitative estimate of drug-likeness (QED) is 0.755. The molecule has 0 saturated heterocycles. The molecule has 0 aliphatic heterocycles. The second-order valence-corrected chi connectivity index (χ2v) is 4.96. The smallest absolute Gasteiger partial charge is 0.145 e. The molecule has 0 bridgehead atoms. The van der Waals surface area contributed by atoms with Crippen LogP contribution in [0.3, 0.4) is 0 Å². The largest absolute Gasteiger partial charge is 0.494 e. The SMILES string of the molecule is COc1cccc2ccc(CNCc3cn[nH]c3C)nc12. The third kappa shape index (κ3) is 2.87. The second kappa shape index (κ2) is 5.93. The van der Waals surface area contributed by atoms with E-state index in [9.17, 15) is 0 Å². The zero-order valence-corrected chi connectivity index (χ0v) is 12.2. The van der Waals surface area contributed by atoms with Crippen LogP contribution in [0.25, 0.3) is 10.9 Å². The summed E-state index contributed by atoms with van der Waals surface area (Å²) < 4.78 is 5.37. The molecule has 3 aromatic rings. The zero-order valence-electron chi connectivity index (χ0n) is 12.2. The maximum absolute atomic E-state index is 5.37. The highest BCUT2D eigenvalue weighted by molar-refractivity contribution is 5.84. The Morgan fingerprint density at radius 1 is 1.19 bits per heavy atom. The van der Waals surface area contributed by atoms with E-state index >= 15 is 0 Å². The molecule has 2 heterocycles. The third-order valence-electron chi connectivity index (χ3n) is 3.52. The molecule has 2 aromatic heterocycles. The summed E-state index contributed by atoms with van der Waals surface area (Å²) in [4.78, 5) is 4.68.